The maximum Gasteiger partial charge on any atom is 0.0536 e. The summed E-state index contributed by atoms with van der Waals surface area (Å²) in [4.78, 5) is 0. The average Bonchev–Trinajstić information content (AvgIpc) is 2.48. The molecule has 1 aliphatic heterocycles. The quantitative estimate of drug-likeness (QED) is 0.804. The predicted molar refractivity (Wildman–Crippen MR) is 86.1 cm³/mol. The van der Waals surface area contributed by atoms with Crippen molar-refractivity contribution in [3.05, 3.63) is 29.3 Å². The van der Waals surface area contributed by atoms with Crippen molar-refractivity contribution in [1.29, 1.82) is 0 Å². The van der Waals surface area contributed by atoms with Gasteiger partial charge in [0.25, 0.3) is 0 Å². The van der Waals surface area contributed by atoms with Crippen LogP contribution in [-0.4, -0.2) is 24.6 Å². The van der Waals surface area contributed by atoms with Crippen molar-refractivity contribution in [1.82, 2.24) is 5.01 Å². The minimum atomic E-state index is 0.827. The van der Waals surface area contributed by atoms with Crippen molar-refractivity contribution >= 4 is 17.3 Å². The first-order valence-electron chi connectivity index (χ1n) is 8.06. The van der Waals surface area contributed by atoms with Crippen LogP contribution < -0.4 is 5.01 Å². The Balaban J connectivity index is 1.73. The lowest BCUT2D eigenvalue weighted by atomic mass is 9.75. The Hall–Kier alpha value is -0.730. The Morgan fingerprint density at radius 2 is 2.00 bits per heavy atom. The van der Waals surface area contributed by atoms with Crippen molar-refractivity contribution in [3.8, 4) is 0 Å². The summed E-state index contributed by atoms with van der Waals surface area (Å²) in [6.07, 6.45) is 7.13. The monoisotopic (exact) mass is 292 g/mol. The van der Waals surface area contributed by atoms with Crippen LogP contribution in [-0.2, 0) is 0 Å². The smallest absolute Gasteiger partial charge is 0.0536 e. The second kappa shape index (κ2) is 6.36. The third-order valence-corrected chi connectivity index (χ3v) is 5.25. The lowest BCUT2D eigenvalue weighted by Gasteiger charge is -2.46. The van der Waals surface area contributed by atoms with E-state index >= 15 is 0 Å². The fourth-order valence-electron chi connectivity index (χ4n) is 3.98. The third kappa shape index (κ3) is 2.96. The molecule has 1 heterocycles. The van der Waals surface area contributed by atoms with Crippen molar-refractivity contribution in [3.63, 3.8) is 0 Å². The molecule has 2 unspecified atom stereocenters. The van der Waals surface area contributed by atoms with Crippen molar-refractivity contribution in [2.45, 2.75) is 39.0 Å². The molecule has 0 radical (unpaired) electrons. The van der Waals surface area contributed by atoms with Gasteiger partial charge in [0.05, 0.1) is 5.69 Å². The first-order valence-corrected chi connectivity index (χ1v) is 8.43. The highest BCUT2D eigenvalue weighted by Gasteiger charge is 2.32. The molecule has 1 saturated heterocycles. The van der Waals surface area contributed by atoms with E-state index in [2.05, 4.69) is 29.1 Å². The second-order valence-corrected chi connectivity index (χ2v) is 6.64. The molecule has 1 saturated carbocycles. The molecule has 0 aromatic heterocycles. The van der Waals surface area contributed by atoms with Gasteiger partial charge in [0.15, 0.2) is 0 Å². The Morgan fingerprint density at radius 1 is 1.20 bits per heavy atom. The molecule has 2 nitrogen and oxygen atoms in total. The minimum Gasteiger partial charge on any atom is -0.306 e. The molecule has 1 aliphatic carbocycles. The number of hydrazine groups is 1. The van der Waals surface area contributed by atoms with Crippen LogP contribution >= 0.6 is 11.6 Å². The molecule has 2 atom stereocenters. The van der Waals surface area contributed by atoms with Crippen molar-refractivity contribution < 1.29 is 0 Å². The summed E-state index contributed by atoms with van der Waals surface area (Å²) in [5.74, 6) is 1.89. The van der Waals surface area contributed by atoms with Crippen LogP contribution in [0.5, 0.6) is 0 Å². The van der Waals surface area contributed by atoms with Gasteiger partial charge in [-0.2, -0.15) is 0 Å². The zero-order valence-corrected chi connectivity index (χ0v) is 13.1. The number of hydrogen-bond donors (Lipinski definition) is 0. The summed E-state index contributed by atoms with van der Waals surface area (Å²) in [5, 5.41) is 5.79. The van der Waals surface area contributed by atoms with Gasteiger partial charge in [0.1, 0.15) is 0 Å². The molecule has 0 N–H and O–H groups in total. The number of anilines is 1. The van der Waals surface area contributed by atoms with Crippen LogP contribution in [0, 0.1) is 11.8 Å². The second-order valence-electron chi connectivity index (χ2n) is 6.20. The van der Waals surface area contributed by atoms with Crippen molar-refractivity contribution in [2.75, 3.05) is 24.6 Å². The standard InChI is InChI=1S/C17H25ClN2/c1-2-20(17-9-5-8-16(18)12-17)19-11-10-14-6-3-4-7-15(14)13-19/h5,8-9,12,14-15H,2-4,6-7,10-11,13H2,1H3. The largest absolute Gasteiger partial charge is 0.306 e. The molecule has 2 fully saturated rings. The van der Waals surface area contributed by atoms with Crippen LogP contribution in [0.4, 0.5) is 5.69 Å². The number of rotatable bonds is 3. The molecule has 0 spiro atoms. The van der Waals surface area contributed by atoms with Crippen LogP contribution in [0.25, 0.3) is 0 Å². The maximum absolute atomic E-state index is 6.15. The molecular formula is C17H25ClN2. The molecule has 0 bridgehead atoms. The van der Waals surface area contributed by atoms with Gasteiger partial charge < -0.3 is 5.01 Å². The lowest BCUT2D eigenvalue weighted by Crippen LogP contribution is -2.51. The van der Waals surface area contributed by atoms with Gasteiger partial charge >= 0.3 is 0 Å². The molecule has 20 heavy (non-hydrogen) atoms. The lowest BCUT2D eigenvalue weighted by molar-refractivity contribution is 0.0789. The van der Waals surface area contributed by atoms with E-state index in [1.165, 1.54) is 50.9 Å². The molecule has 110 valence electrons. The first kappa shape index (κ1) is 14.2. The number of nitrogens with zero attached hydrogens (tertiary/aromatic N) is 2. The van der Waals surface area contributed by atoms with E-state index in [0.29, 0.717) is 0 Å². The van der Waals surface area contributed by atoms with E-state index < -0.39 is 0 Å². The van der Waals surface area contributed by atoms with Crippen LogP contribution in [0.2, 0.25) is 5.02 Å². The summed E-state index contributed by atoms with van der Waals surface area (Å²) in [7, 11) is 0. The zero-order valence-electron chi connectivity index (χ0n) is 12.4. The molecular weight excluding hydrogens is 268 g/mol. The molecule has 3 rings (SSSR count). The molecule has 1 aromatic carbocycles. The number of fused-ring (bicyclic) bond motifs is 1. The predicted octanol–water partition coefficient (Wildman–Crippen LogP) is 4.59. The molecule has 3 heteroatoms. The van der Waals surface area contributed by atoms with E-state index in [4.69, 9.17) is 11.6 Å². The maximum atomic E-state index is 6.15. The fraction of sp³-hybridized carbons (Fsp3) is 0.647. The number of halogens is 1. The molecule has 0 amide bonds. The van der Waals surface area contributed by atoms with E-state index in [-0.39, 0.29) is 0 Å². The van der Waals surface area contributed by atoms with Crippen LogP contribution in [0.1, 0.15) is 39.0 Å². The Morgan fingerprint density at radius 3 is 2.75 bits per heavy atom. The van der Waals surface area contributed by atoms with Gasteiger partial charge in [-0.3, -0.25) is 0 Å². The first-order chi connectivity index (χ1) is 9.78. The summed E-state index contributed by atoms with van der Waals surface area (Å²) in [6, 6.07) is 8.25. The molecule has 1 aromatic rings. The Labute approximate surface area is 127 Å². The third-order valence-electron chi connectivity index (χ3n) is 5.02. The van der Waals surface area contributed by atoms with Gasteiger partial charge in [-0.05, 0) is 49.8 Å². The van der Waals surface area contributed by atoms with E-state index in [1.807, 2.05) is 12.1 Å². The number of hydrogen-bond acceptors (Lipinski definition) is 2. The van der Waals surface area contributed by atoms with Gasteiger partial charge in [-0.25, -0.2) is 5.01 Å². The topological polar surface area (TPSA) is 6.48 Å². The highest BCUT2D eigenvalue weighted by molar-refractivity contribution is 6.30. The summed E-state index contributed by atoms with van der Waals surface area (Å²) in [5.41, 5.74) is 1.23. The summed E-state index contributed by atoms with van der Waals surface area (Å²) in [6.45, 7) is 5.66. The number of piperidine rings is 1. The zero-order chi connectivity index (χ0) is 13.9. The number of benzene rings is 1. The van der Waals surface area contributed by atoms with E-state index in [0.717, 1.165) is 23.4 Å². The van der Waals surface area contributed by atoms with Gasteiger partial charge in [-0.1, -0.05) is 36.9 Å². The minimum absolute atomic E-state index is 0.827. The summed E-state index contributed by atoms with van der Waals surface area (Å²) >= 11 is 6.15. The Kier molecular flexibility index (Phi) is 4.52. The van der Waals surface area contributed by atoms with Gasteiger partial charge in [-0.15, -0.1) is 0 Å². The van der Waals surface area contributed by atoms with Crippen LogP contribution in [0.3, 0.4) is 0 Å². The van der Waals surface area contributed by atoms with Crippen molar-refractivity contribution in [2.24, 2.45) is 11.8 Å². The fourth-order valence-corrected chi connectivity index (χ4v) is 4.17. The normalized spacial score (nSPS) is 27.1. The van der Waals surface area contributed by atoms with Crippen LogP contribution in [0.15, 0.2) is 24.3 Å². The average molecular weight is 293 g/mol. The van der Waals surface area contributed by atoms with Gasteiger partial charge in [0, 0.05) is 24.7 Å². The van der Waals surface area contributed by atoms with E-state index in [9.17, 15) is 0 Å². The molecule has 2 aliphatic rings. The Bertz CT molecular complexity index is 448. The highest BCUT2D eigenvalue weighted by atomic mass is 35.5. The summed E-state index contributed by atoms with van der Waals surface area (Å²) < 4.78 is 0. The van der Waals surface area contributed by atoms with E-state index in [1.54, 1.807) is 0 Å². The SMILES string of the molecule is CCN(c1cccc(Cl)c1)N1CCC2CCCCC2C1. The highest BCUT2D eigenvalue weighted by Crippen LogP contribution is 2.37. The van der Waals surface area contributed by atoms with Gasteiger partial charge in [0.2, 0.25) is 0 Å².